The molecule has 0 spiro atoms. The predicted octanol–water partition coefficient (Wildman–Crippen LogP) is 5.89. The second-order valence-corrected chi connectivity index (χ2v) is 8.73. The average Bonchev–Trinajstić information content (AvgIpc) is 2.86. The zero-order valence-electron chi connectivity index (χ0n) is 17.4. The van der Waals surface area contributed by atoms with Crippen LogP contribution in [0.25, 0.3) is 0 Å². The van der Waals surface area contributed by atoms with Gasteiger partial charge in [0.2, 0.25) is 0 Å². The summed E-state index contributed by atoms with van der Waals surface area (Å²) < 4.78 is 11.0. The number of unbranched alkanes of at least 4 members (excludes halogenated alkanes) is 1. The van der Waals surface area contributed by atoms with Gasteiger partial charge in [-0.25, -0.2) is 0 Å². The van der Waals surface area contributed by atoms with Gasteiger partial charge < -0.3 is 14.6 Å². The summed E-state index contributed by atoms with van der Waals surface area (Å²) in [5.41, 5.74) is 2.14. The van der Waals surface area contributed by atoms with E-state index in [2.05, 4.69) is 38.1 Å². The molecular weight excluding hydrogens is 368 g/mol. The number of benzene rings is 2. The van der Waals surface area contributed by atoms with Crippen LogP contribution in [0, 0.1) is 5.41 Å². The second kappa shape index (κ2) is 9.23. The smallest absolute Gasteiger partial charge is 0.119 e. The lowest BCUT2D eigenvalue weighted by atomic mass is 9.69. The Hall–Kier alpha value is -1.65. The minimum atomic E-state index is -0.461. The Morgan fingerprint density at radius 3 is 2.50 bits per heavy atom. The number of ether oxygens (including phenoxy) is 2. The number of hydrogen-bond acceptors (Lipinski definition) is 4. The van der Waals surface area contributed by atoms with E-state index in [1.165, 1.54) is 4.90 Å². The summed E-state index contributed by atoms with van der Waals surface area (Å²) in [6, 6.07) is 14.4. The van der Waals surface area contributed by atoms with Gasteiger partial charge in [0.05, 0.1) is 20.3 Å². The van der Waals surface area contributed by atoms with Gasteiger partial charge in [-0.1, -0.05) is 38.8 Å². The third-order valence-electron chi connectivity index (χ3n) is 6.20. The van der Waals surface area contributed by atoms with Crippen LogP contribution in [0.4, 0.5) is 0 Å². The highest BCUT2D eigenvalue weighted by Gasteiger charge is 2.44. The molecule has 3 atom stereocenters. The maximum atomic E-state index is 11.8. The Bertz CT molecular complexity index is 791. The summed E-state index contributed by atoms with van der Waals surface area (Å²) in [5, 5.41) is 11.8. The van der Waals surface area contributed by atoms with Crippen molar-refractivity contribution < 1.29 is 14.6 Å². The largest absolute Gasteiger partial charge is 0.497 e. The first-order valence-electron chi connectivity index (χ1n) is 10.2. The van der Waals surface area contributed by atoms with Crippen molar-refractivity contribution in [3.8, 4) is 11.5 Å². The molecule has 0 saturated heterocycles. The Kier molecular flexibility index (Phi) is 6.95. The van der Waals surface area contributed by atoms with Crippen LogP contribution in [0.5, 0.6) is 11.5 Å². The first kappa shape index (κ1) is 21.1. The summed E-state index contributed by atoms with van der Waals surface area (Å²) >= 11 is 1.88. The predicted molar refractivity (Wildman–Crippen MR) is 117 cm³/mol. The van der Waals surface area contributed by atoms with Crippen LogP contribution in [0.3, 0.4) is 0 Å². The third kappa shape index (κ3) is 4.04. The van der Waals surface area contributed by atoms with E-state index >= 15 is 0 Å². The molecule has 0 saturated carbocycles. The number of rotatable bonds is 7. The lowest BCUT2D eigenvalue weighted by Crippen LogP contribution is -2.40. The lowest BCUT2D eigenvalue weighted by Gasteiger charge is -2.40. The molecular formula is C24H32O3S. The fourth-order valence-corrected chi connectivity index (χ4v) is 5.77. The number of methoxy groups -OCH3 is 2. The van der Waals surface area contributed by atoms with E-state index in [9.17, 15) is 5.11 Å². The van der Waals surface area contributed by atoms with Crippen molar-refractivity contribution >= 4 is 11.8 Å². The Morgan fingerprint density at radius 1 is 1.07 bits per heavy atom. The van der Waals surface area contributed by atoms with Crippen LogP contribution in [-0.2, 0) is 0 Å². The normalized spacial score (nSPS) is 24.3. The molecule has 1 aliphatic heterocycles. The minimum absolute atomic E-state index is 0.105. The number of aliphatic hydroxyl groups is 1. The van der Waals surface area contributed by atoms with Gasteiger partial charge in [-0.05, 0) is 54.3 Å². The van der Waals surface area contributed by atoms with Crippen molar-refractivity contribution in [2.75, 3.05) is 20.0 Å². The molecule has 0 radical (unpaired) electrons. The van der Waals surface area contributed by atoms with Gasteiger partial charge in [0.15, 0.2) is 0 Å². The quantitative estimate of drug-likeness (QED) is 0.629. The fourth-order valence-electron chi connectivity index (χ4n) is 4.29. The molecule has 1 aliphatic rings. The number of aliphatic hydroxyl groups excluding tert-OH is 1. The first-order valence-corrected chi connectivity index (χ1v) is 11.2. The second-order valence-electron chi connectivity index (χ2n) is 7.71. The van der Waals surface area contributed by atoms with Crippen molar-refractivity contribution in [2.24, 2.45) is 5.41 Å². The molecule has 1 heterocycles. The molecule has 0 bridgehead atoms. The standard InChI is InChI=1S/C24H32O3S/c1-5-7-13-24(6-2)16-28-21-12-11-19(27-4)15-20(21)22(23(24)25)17-9-8-10-18(14-17)26-3/h8-12,14-15,22-23,25H,5-7,13,16H2,1-4H3. The topological polar surface area (TPSA) is 38.7 Å². The summed E-state index contributed by atoms with van der Waals surface area (Å²) in [6.45, 7) is 4.44. The Labute approximate surface area is 173 Å². The molecule has 4 heteroatoms. The third-order valence-corrected chi connectivity index (χ3v) is 7.60. The SMILES string of the molecule is CCCCC1(CC)CSc2ccc(OC)cc2C(c2cccc(OC)c2)C1O. The molecule has 3 unspecified atom stereocenters. The van der Waals surface area contributed by atoms with Gasteiger partial charge in [0.25, 0.3) is 0 Å². The van der Waals surface area contributed by atoms with Crippen molar-refractivity contribution in [1.29, 1.82) is 0 Å². The van der Waals surface area contributed by atoms with E-state index in [0.29, 0.717) is 0 Å². The minimum Gasteiger partial charge on any atom is -0.497 e. The highest BCUT2D eigenvalue weighted by Crippen LogP contribution is 2.51. The van der Waals surface area contributed by atoms with Gasteiger partial charge in [0.1, 0.15) is 11.5 Å². The number of hydrogen-bond donors (Lipinski definition) is 1. The zero-order valence-corrected chi connectivity index (χ0v) is 18.2. The summed E-state index contributed by atoms with van der Waals surface area (Å²) in [5.74, 6) is 2.48. The van der Waals surface area contributed by atoms with Crippen molar-refractivity contribution in [2.45, 2.75) is 56.4 Å². The highest BCUT2D eigenvalue weighted by atomic mass is 32.2. The van der Waals surface area contributed by atoms with Gasteiger partial charge in [0, 0.05) is 22.0 Å². The van der Waals surface area contributed by atoms with E-state index in [0.717, 1.165) is 54.1 Å². The molecule has 28 heavy (non-hydrogen) atoms. The maximum Gasteiger partial charge on any atom is 0.119 e. The van der Waals surface area contributed by atoms with Crippen LogP contribution >= 0.6 is 11.8 Å². The van der Waals surface area contributed by atoms with Crippen molar-refractivity contribution in [3.63, 3.8) is 0 Å². The van der Waals surface area contributed by atoms with E-state index < -0.39 is 6.10 Å². The van der Waals surface area contributed by atoms with Crippen LogP contribution < -0.4 is 9.47 Å². The van der Waals surface area contributed by atoms with Crippen molar-refractivity contribution in [3.05, 3.63) is 53.6 Å². The molecule has 2 aromatic carbocycles. The molecule has 0 aliphatic carbocycles. The van der Waals surface area contributed by atoms with Crippen LogP contribution in [0.15, 0.2) is 47.4 Å². The fraction of sp³-hybridized carbons (Fsp3) is 0.500. The Balaban J connectivity index is 2.16. The van der Waals surface area contributed by atoms with E-state index in [4.69, 9.17) is 9.47 Å². The number of fused-ring (bicyclic) bond motifs is 1. The van der Waals surface area contributed by atoms with Crippen LogP contribution in [0.2, 0.25) is 0 Å². The number of thioether (sulfide) groups is 1. The van der Waals surface area contributed by atoms with Gasteiger partial charge >= 0.3 is 0 Å². The summed E-state index contributed by atoms with van der Waals surface area (Å²) in [6.07, 6.45) is 3.82. The monoisotopic (exact) mass is 400 g/mol. The average molecular weight is 401 g/mol. The van der Waals surface area contributed by atoms with Gasteiger partial charge in [-0.2, -0.15) is 0 Å². The highest BCUT2D eigenvalue weighted by molar-refractivity contribution is 7.99. The molecule has 1 N–H and O–H groups in total. The molecule has 0 fully saturated rings. The first-order chi connectivity index (χ1) is 13.6. The molecule has 2 aromatic rings. The van der Waals surface area contributed by atoms with E-state index in [-0.39, 0.29) is 11.3 Å². The lowest BCUT2D eigenvalue weighted by molar-refractivity contribution is 0.0182. The van der Waals surface area contributed by atoms with E-state index in [1.807, 2.05) is 30.0 Å². The molecule has 3 nitrogen and oxygen atoms in total. The molecule has 0 aromatic heterocycles. The van der Waals surface area contributed by atoms with Gasteiger partial charge in [-0.3, -0.25) is 0 Å². The molecule has 152 valence electrons. The maximum absolute atomic E-state index is 11.8. The van der Waals surface area contributed by atoms with Crippen LogP contribution in [0.1, 0.15) is 56.6 Å². The van der Waals surface area contributed by atoms with Crippen LogP contribution in [-0.4, -0.2) is 31.2 Å². The summed E-state index contributed by atoms with van der Waals surface area (Å²) in [7, 11) is 3.38. The van der Waals surface area contributed by atoms with Crippen molar-refractivity contribution in [1.82, 2.24) is 0 Å². The van der Waals surface area contributed by atoms with Gasteiger partial charge in [-0.15, -0.1) is 11.8 Å². The molecule has 0 amide bonds. The Morgan fingerprint density at radius 2 is 1.82 bits per heavy atom. The van der Waals surface area contributed by atoms with E-state index in [1.54, 1.807) is 14.2 Å². The molecule has 3 rings (SSSR count). The zero-order chi connectivity index (χ0) is 20.1. The summed E-state index contributed by atoms with van der Waals surface area (Å²) in [4.78, 5) is 1.24.